The van der Waals surface area contributed by atoms with Gasteiger partial charge in [0.05, 0.1) is 11.3 Å². The Hall–Kier alpha value is -3.60. The van der Waals surface area contributed by atoms with Crippen molar-refractivity contribution in [2.24, 2.45) is 0 Å². The minimum atomic E-state index is -0.197. The Morgan fingerprint density at radius 2 is 1.71 bits per heavy atom. The van der Waals surface area contributed by atoms with Gasteiger partial charge in [-0.3, -0.25) is 9.59 Å². The zero-order chi connectivity index (χ0) is 19.5. The van der Waals surface area contributed by atoms with Gasteiger partial charge in [-0.2, -0.15) is 0 Å². The van der Waals surface area contributed by atoms with Gasteiger partial charge >= 0.3 is 0 Å². The number of fused-ring (bicyclic) bond motifs is 2. The van der Waals surface area contributed by atoms with E-state index >= 15 is 0 Å². The van der Waals surface area contributed by atoms with E-state index in [9.17, 15) is 9.59 Å². The lowest BCUT2D eigenvalue weighted by Crippen LogP contribution is -2.30. The van der Waals surface area contributed by atoms with Gasteiger partial charge in [-0.05, 0) is 42.8 Å². The highest BCUT2D eigenvalue weighted by molar-refractivity contribution is 6.10. The Morgan fingerprint density at radius 1 is 0.964 bits per heavy atom. The molecule has 1 aliphatic rings. The highest BCUT2D eigenvalue weighted by Crippen LogP contribution is 2.39. The Bertz CT molecular complexity index is 1030. The third-order valence-electron chi connectivity index (χ3n) is 4.71. The van der Waals surface area contributed by atoms with Gasteiger partial charge in [0, 0.05) is 18.7 Å². The molecule has 0 saturated heterocycles. The van der Waals surface area contributed by atoms with Crippen LogP contribution >= 0.6 is 0 Å². The Balaban J connectivity index is 1.63. The van der Waals surface area contributed by atoms with E-state index in [-0.39, 0.29) is 11.8 Å². The molecule has 0 fully saturated rings. The third kappa shape index (κ3) is 3.34. The van der Waals surface area contributed by atoms with Crippen molar-refractivity contribution < 1.29 is 14.3 Å². The molecule has 0 bridgehead atoms. The summed E-state index contributed by atoms with van der Waals surface area (Å²) in [5.74, 6) is 0.737. The number of carbonyl (C=O) groups excluding carboxylic acids is 2. The average molecular weight is 372 g/mol. The summed E-state index contributed by atoms with van der Waals surface area (Å²) in [6.07, 6.45) is 0. The predicted molar refractivity (Wildman–Crippen MR) is 108 cm³/mol. The molecule has 140 valence electrons. The SMILES string of the molecule is CCN1C(=O)c2ccccc2Oc2ccc(C(=O)NCc3ccccc3)cc21. The average Bonchev–Trinajstić information content (AvgIpc) is 2.86. The number of anilines is 1. The Morgan fingerprint density at radius 3 is 2.50 bits per heavy atom. The number of hydrogen-bond acceptors (Lipinski definition) is 3. The van der Waals surface area contributed by atoms with Gasteiger partial charge in [-0.25, -0.2) is 0 Å². The first-order valence-corrected chi connectivity index (χ1v) is 9.22. The van der Waals surface area contributed by atoms with Crippen molar-refractivity contribution in [1.29, 1.82) is 0 Å². The van der Waals surface area contributed by atoms with Crippen molar-refractivity contribution in [3.05, 3.63) is 89.5 Å². The van der Waals surface area contributed by atoms with Crippen molar-refractivity contribution in [1.82, 2.24) is 5.32 Å². The molecule has 0 atom stereocenters. The minimum absolute atomic E-state index is 0.140. The highest BCUT2D eigenvalue weighted by Gasteiger charge is 2.27. The Kier molecular flexibility index (Phi) is 4.81. The lowest BCUT2D eigenvalue weighted by atomic mass is 10.1. The van der Waals surface area contributed by atoms with Gasteiger partial charge in [0.25, 0.3) is 11.8 Å². The maximum absolute atomic E-state index is 13.0. The Labute approximate surface area is 163 Å². The van der Waals surface area contributed by atoms with E-state index < -0.39 is 0 Å². The molecule has 0 aromatic heterocycles. The van der Waals surface area contributed by atoms with Crippen LogP contribution in [0.3, 0.4) is 0 Å². The van der Waals surface area contributed by atoms with Crippen LogP contribution in [-0.4, -0.2) is 18.4 Å². The summed E-state index contributed by atoms with van der Waals surface area (Å²) in [6.45, 7) is 2.81. The molecule has 0 aliphatic carbocycles. The molecule has 28 heavy (non-hydrogen) atoms. The zero-order valence-corrected chi connectivity index (χ0v) is 15.5. The number of benzene rings is 3. The fourth-order valence-electron chi connectivity index (χ4n) is 3.26. The topological polar surface area (TPSA) is 58.6 Å². The second-order valence-corrected chi connectivity index (χ2v) is 6.50. The second-order valence-electron chi connectivity index (χ2n) is 6.50. The van der Waals surface area contributed by atoms with Crippen molar-refractivity contribution in [2.75, 3.05) is 11.4 Å². The molecule has 2 amide bonds. The quantitative estimate of drug-likeness (QED) is 0.739. The van der Waals surface area contributed by atoms with Gasteiger partial charge < -0.3 is 15.0 Å². The smallest absolute Gasteiger partial charge is 0.262 e. The minimum Gasteiger partial charge on any atom is -0.454 e. The first-order valence-electron chi connectivity index (χ1n) is 9.22. The molecule has 3 aromatic carbocycles. The van der Waals surface area contributed by atoms with Gasteiger partial charge in [-0.15, -0.1) is 0 Å². The largest absolute Gasteiger partial charge is 0.454 e. The molecule has 0 unspecified atom stereocenters. The molecule has 1 aliphatic heterocycles. The summed E-state index contributed by atoms with van der Waals surface area (Å²) in [4.78, 5) is 27.2. The van der Waals surface area contributed by atoms with Crippen LogP contribution in [0.5, 0.6) is 11.5 Å². The summed E-state index contributed by atoms with van der Waals surface area (Å²) in [5.41, 5.74) is 2.61. The van der Waals surface area contributed by atoms with Crippen LogP contribution in [0.1, 0.15) is 33.2 Å². The highest BCUT2D eigenvalue weighted by atomic mass is 16.5. The van der Waals surface area contributed by atoms with Crippen LogP contribution in [-0.2, 0) is 6.54 Å². The number of amides is 2. The van der Waals surface area contributed by atoms with Crippen molar-refractivity contribution in [2.45, 2.75) is 13.5 Å². The molecule has 0 saturated carbocycles. The molecular weight excluding hydrogens is 352 g/mol. The number of ether oxygens (including phenoxy) is 1. The zero-order valence-electron chi connectivity index (χ0n) is 15.5. The molecule has 1 heterocycles. The normalized spacial score (nSPS) is 12.5. The van der Waals surface area contributed by atoms with Gasteiger partial charge in [0.15, 0.2) is 5.75 Å². The maximum Gasteiger partial charge on any atom is 0.262 e. The van der Waals surface area contributed by atoms with Gasteiger partial charge in [0.1, 0.15) is 5.75 Å². The van der Waals surface area contributed by atoms with Gasteiger partial charge in [-0.1, -0.05) is 42.5 Å². The van der Waals surface area contributed by atoms with E-state index in [2.05, 4.69) is 5.32 Å². The summed E-state index contributed by atoms with van der Waals surface area (Å²) in [5, 5.41) is 2.92. The van der Waals surface area contributed by atoms with E-state index in [1.165, 1.54) is 0 Å². The number of rotatable bonds is 4. The van der Waals surface area contributed by atoms with E-state index in [0.29, 0.717) is 41.4 Å². The molecular formula is C23H20N2O3. The van der Waals surface area contributed by atoms with Crippen molar-refractivity contribution in [3.63, 3.8) is 0 Å². The van der Waals surface area contributed by atoms with E-state index in [4.69, 9.17) is 4.74 Å². The molecule has 5 nitrogen and oxygen atoms in total. The van der Waals surface area contributed by atoms with Crippen LogP contribution in [0.4, 0.5) is 5.69 Å². The van der Waals surface area contributed by atoms with E-state index in [1.54, 1.807) is 35.2 Å². The first kappa shape index (κ1) is 17.8. The molecule has 1 N–H and O–H groups in total. The van der Waals surface area contributed by atoms with Gasteiger partial charge in [0.2, 0.25) is 0 Å². The first-order chi connectivity index (χ1) is 13.7. The van der Waals surface area contributed by atoms with Crippen LogP contribution < -0.4 is 15.0 Å². The molecule has 3 aromatic rings. The standard InChI is InChI=1S/C23H20N2O3/c1-2-25-19-14-17(22(26)24-15-16-8-4-3-5-9-16)12-13-21(19)28-20-11-7-6-10-18(20)23(25)27/h3-14H,2,15H2,1H3,(H,24,26). The summed E-state index contributed by atoms with van der Waals surface area (Å²) < 4.78 is 5.97. The van der Waals surface area contributed by atoms with Crippen LogP contribution in [0.15, 0.2) is 72.8 Å². The summed E-state index contributed by atoms with van der Waals surface area (Å²) in [6, 6.07) is 22.1. The number of nitrogens with one attached hydrogen (secondary N) is 1. The lowest BCUT2D eigenvalue weighted by Gasteiger charge is -2.20. The number of carbonyl (C=O) groups is 2. The summed E-state index contributed by atoms with van der Waals surface area (Å²) >= 11 is 0. The van der Waals surface area contributed by atoms with Crippen LogP contribution in [0.25, 0.3) is 0 Å². The number of hydrogen-bond donors (Lipinski definition) is 1. The molecule has 4 rings (SSSR count). The maximum atomic E-state index is 13.0. The van der Waals surface area contributed by atoms with Crippen LogP contribution in [0.2, 0.25) is 0 Å². The lowest BCUT2D eigenvalue weighted by molar-refractivity contribution is 0.0948. The molecule has 0 spiro atoms. The van der Waals surface area contributed by atoms with Crippen LogP contribution in [0, 0.1) is 0 Å². The van der Waals surface area contributed by atoms with E-state index in [1.807, 2.05) is 49.4 Å². The van der Waals surface area contributed by atoms with E-state index in [0.717, 1.165) is 5.56 Å². The van der Waals surface area contributed by atoms with Crippen molar-refractivity contribution in [3.8, 4) is 11.5 Å². The molecule has 5 heteroatoms. The number of nitrogens with zero attached hydrogens (tertiary/aromatic N) is 1. The second kappa shape index (κ2) is 7.56. The van der Waals surface area contributed by atoms with Crippen molar-refractivity contribution >= 4 is 17.5 Å². The molecule has 0 radical (unpaired) electrons. The fourth-order valence-corrected chi connectivity index (χ4v) is 3.26. The summed E-state index contributed by atoms with van der Waals surface area (Å²) in [7, 11) is 0. The predicted octanol–water partition coefficient (Wildman–Crippen LogP) is 4.39. The fraction of sp³-hybridized carbons (Fsp3) is 0.130. The third-order valence-corrected chi connectivity index (χ3v) is 4.71. The monoisotopic (exact) mass is 372 g/mol. The number of para-hydroxylation sites is 1.